The van der Waals surface area contributed by atoms with Gasteiger partial charge in [-0.2, -0.15) is 0 Å². The predicted octanol–water partition coefficient (Wildman–Crippen LogP) is -20.6. The van der Waals surface area contributed by atoms with Gasteiger partial charge in [0.15, 0.2) is 50.3 Å². The van der Waals surface area contributed by atoms with E-state index in [1.54, 1.807) is 0 Å². The van der Waals surface area contributed by atoms with E-state index in [1.807, 2.05) is 0 Å². The first-order chi connectivity index (χ1) is 61.0. The number of hydrogen-bond donors (Lipinski definition) is 31. The molecule has 746 valence electrons. The maximum atomic E-state index is 13.3. The van der Waals surface area contributed by atoms with E-state index in [0.29, 0.717) is 0 Å². The van der Waals surface area contributed by atoms with Gasteiger partial charge in [0.25, 0.3) is 6.47 Å². The van der Waals surface area contributed by atoms with E-state index in [1.165, 1.54) is 13.8 Å². The van der Waals surface area contributed by atoms with Gasteiger partial charge in [-0.05, 0) is 6.92 Å². The van der Waals surface area contributed by atoms with Crippen molar-refractivity contribution >= 4 is 30.1 Å². The molecule has 10 rings (SSSR count). The molecule has 0 aromatic rings. The normalized spacial score (nSPS) is 48.1. The van der Waals surface area contributed by atoms with Crippen LogP contribution in [0.25, 0.3) is 0 Å². The molecule has 0 saturated carbocycles. The Hall–Kier alpha value is -4.49. The summed E-state index contributed by atoms with van der Waals surface area (Å²) in [5, 5.41) is 313. The van der Waals surface area contributed by atoms with Gasteiger partial charge in [-0.1, -0.05) is 6.92 Å². The third-order valence-electron chi connectivity index (χ3n) is 24.0. The average molecular weight is 1890 g/mol. The third-order valence-corrected chi connectivity index (χ3v) is 24.0. The number of ether oxygens (including phenoxy) is 20. The second-order valence-electron chi connectivity index (χ2n) is 32.9. The smallest absolute Gasteiger partial charge is 0.332 e. The lowest BCUT2D eigenvalue weighted by atomic mass is 9.87. The van der Waals surface area contributed by atoms with Crippen LogP contribution < -0.4 is 21.3 Å². The van der Waals surface area contributed by atoms with E-state index in [2.05, 4.69) is 21.3 Å². The van der Waals surface area contributed by atoms with E-state index in [0.717, 1.165) is 27.7 Å². The maximum absolute atomic E-state index is 13.3. The number of carbonyl (C=O) groups is 5. The van der Waals surface area contributed by atoms with Crippen molar-refractivity contribution in [3.05, 3.63) is 0 Å². The zero-order valence-corrected chi connectivity index (χ0v) is 70.0. The third kappa shape index (κ3) is 23.7. The van der Waals surface area contributed by atoms with Gasteiger partial charge in [0.05, 0.1) is 96.8 Å². The number of aliphatic hydroxyl groups excluding tert-OH is 27. The molecule has 0 bridgehead atoms. The molecule has 31 N–H and O–H groups in total. The van der Waals surface area contributed by atoms with Crippen LogP contribution in [0.3, 0.4) is 0 Å². The summed E-state index contributed by atoms with van der Waals surface area (Å²) in [7, 11) is 0. The van der Waals surface area contributed by atoms with Crippen molar-refractivity contribution in [3.63, 3.8) is 0 Å². The largest absolute Gasteiger partial charge is 0.410 e. The zero-order valence-electron chi connectivity index (χ0n) is 70.0. The van der Waals surface area contributed by atoms with Crippen molar-refractivity contribution in [2.24, 2.45) is 5.92 Å². The van der Waals surface area contributed by atoms with E-state index in [9.17, 15) is 162 Å². The molecule has 19 unspecified atom stereocenters. The lowest BCUT2D eigenvalue weighted by Gasteiger charge is -2.51. The van der Waals surface area contributed by atoms with E-state index in [4.69, 9.17) is 94.7 Å². The quantitative estimate of drug-likeness (QED) is 0.0205. The van der Waals surface area contributed by atoms with Crippen molar-refractivity contribution in [1.29, 1.82) is 0 Å². The van der Waals surface area contributed by atoms with Gasteiger partial charge in [0.1, 0.15) is 226 Å². The molecule has 56 heteroatoms. The Morgan fingerprint density at radius 2 is 0.667 bits per heavy atom. The summed E-state index contributed by atoms with van der Waals surface area (Å²) in [6.07, 6.45) is -94.8. The molecule has 0 aliphatic carbocycles. The first-order valence-electron chi connectivity index (χ1n) is 41.4. The monoisotopic (exact) mass is 1890 g/mol. The summed E-state index contributed by atoms with van der Waals surface area (Å²) in [6, 6.07) is -7.17. The van der Waals surface area contributed by atoms with Crippen LogP contribution in [0.4, 0.5) is 0 Å². The number of amides is 4. The van der Waals surface area contributed by atoms with Crippen LogP contribution in [0.1, 0.15) is 48.0 Å². The highest BCUT2D eigenvalue weighted by molar-refractivity contribution is 5.74. The number of aliphatic hydroxyl groups is 27. The van der Waals surface area contributed by atoms with Gasteiger partial charge < -0.3 is 254 Å². The molecule has 0 aromatic carbocycles. The molecule has 51 atom stereocenters. The lowest BCUT2D eigenvalue weighted by Crippen LogP contribution is -2.71. The van der Waals surface area contributed by atoms with Gasteiger partial charge >= 0.3 is 5.97 Å². The first kappa shape index (κ1) is 107. The Kier molecular flexibility index (Phi) is 38.5. The fourth-order valence-electron chi connectivity index (χ4n) is 17.0. The number of rotatable bonds is 36. The summed E-state index contributed by atoms with van der Waals surface area (Å²) in [4.78, 5) is 63.8. The van der Waals surface area contributed by atoms with Crippen LogP contribution in [0.15, 0.2) is 0 Å². The maximum Gasteiger partial charge on any atom is 0.332 e. The Bertz CT molecular complexity index is 3520. The number of carbonyl (C=O) groups excluding carboxylic acids is 5. The summed E-state index contributed by atoms with van der Waals surface area (Å²) in [6.45, 7) is -4.84. The van der Waals surface area contributed by atoms with Gasteiger partial charge in [-0.25, -0.2) is 0 Å². The molecule has 0 spiro atoms. The highest BCUT2D eigenvalue weighted by atomic mass is 16.9. The van der Waals surface area contributed by atoms with Crippen LogP contribution in [0.2, 0.25) is 0 Å². The summed E-state index contributed by atoms with van der Waals surface area (Å²) >= 11 is 0. The van der Waals surface area contributed by atoms with Gasteiger partial charge in [-0.15, -0.1) is 0 Å². The van der Waals surface area contributed by atoms with E-state index >= 15 is 0 Å². The highest BCUT2D eigenvalue weighted by Gasteiger charge is 2.63. The fraction of sp³-hybridized carbons (Fsp3) is 0.932. The molecule has 10 fully saturated rings. The Morgan fingerprint density at radius 1 is 0.349 bits per heavy atom. The van der Waals surface area contributed by atoms with Crippen molar-refractivity contribution in [2.75, 3.05) is 66.1 Å². The zero-order chi connectivity index (χ0) is 95.1. The average Bonchev–Trinajstić information content (AvgIpc) is 0.760. The van der Waals surface area contributed by atoms with Crippen LogP contribution in [0.5, 0.6) is 0 Å². The van der Waals surface area contributed by atoms with Crippen LogP contribution >= 0.6 is 0 Å². The molecule has 10 saturated heterocycles. The van der Waals surface area contributed by atoms with Gasteiger partial charge in [0, 0.05) is 33.6 Å². The predicted molar refractivity (Wildman–Crippen MR) is 399 cm³/mol. The minimum absolute atomic E-state index is 0.259. The summed E-state index contributed by atoms with van der Waals surface area (Å²) in [5.74, 6) is -7.59. The molecule has 56 nitrogen and oxygen atoms in total. The second kappa shape index (κ2) is 46.6. The Labute approximate surface area is 732 Å². The van der Waals surface area contributed by atoms with Gasteiger partial charge in [-0.3, -0.25) is 24.0 Å². The van der Waals surface area contributed by atoms with E-state index in [-0.39, 0.29) is 6.47 Å². The Balaban J connectivity index is 0.973. The molecule has 0 radical (unpaired) electrons. The summed E-state index contributed by atoms with van der Waals surface area (Å²) < 4.78 is 119. The van der Waals surface area contributed by atoms with Crippen LogP contribution in [-0.4, -0.2) is 540 Å². The molecule has 10 aliphatic rings. The van der Waals surface area contributed by atoms with E-state index < -0.39 is 408 Å². The Morgan fingerprint density at radius 3 is 1.08 bits per heavy atom. The minimum atomic E-state index is -2.90. The topological polar surface area (TPSA) is 864 Å². The molecule has 10 aliphatic heterocycles. The van der Waals surface area contributed by atoms with Gasteiger partial charge in [0.2, 0.25) is 23.6 Å². The number of nitrogens with one attached hydrogen (secondary N) is 4. The van der Waals surface area contributed by atoms with Crippen LogP contribution in [-0.2, 0) is 119 Å². The molecule has 4 amide bonds. The standard InChI is InChI=1S/C73H122N4O52/c1-19-25(92)7-73(111-18-87,128-56(19)40(94)26(93)8-78)129-62-44(98)30(12-82)114-70(55(62)109)124-60-34(16-86)119-67(39(49(60)103)77-24(6)91)127-64-52(106)43(97)29(11-81)116-72(64)125-61-45(99)35(120-69(54(61)108)123-59-33(15-85)117-65(37(47(59)101)75-22(4)89)121-57-31(13-83)112-20(2)36(46(57)100)74-21(3)88)17-110-71-63(51(105)42(96)28(10-80)115-71)126-66-38(76-23(5)90)48(102)58(32(14-84)118-66)122-68-53(107)50(104)41(95)27(9-79)113-68/h18-20,25-72,78-86,92-109H,7-17H2,1-6H3,(H,74,88)(H,75,89)(H,76,90)(H,77,91)/t19-,20+,25+,26+,27?,28?,29-,30?,31?,32-,33?,34?,35?,36?,37?,38?,39?,40-,41+,42+,43+,44+,45+,46-,47-,48?,49-,50+,51+,52?,53?,54?,55?,56?,57+,58-,59+,60+,61+,62+,63?,64?,65+,66-,67+,68+,69+,70+,71-,72+,73+/m1/s1. The SMILES string of the molecule is CC(=O)NC1C(O)[C@H](O[C@@H]2OC(CO)[C@H](O)[C@H](O)C2O)[C@@H](CO)O[C@@H]1OC1[C@H](OCC2O[C@@H](O[C@H]3C(CO)O[C@@H](O[C@H]4C(CO)O[C@@H](C)C(NC(C)=O)[C@H]4O)C(NC(C)=O)[C@H]3O)C(O)[C@@H](O[C@@H]3O[C@H](CO)[C@H](O)C(O)C3O[C@@H]3OC(CO)[C@H](O[C@@H]4OC(CO)[C@H](O)[C@H](O[C@]5(OC=O)C[C@H](O)[C@@H](C)C([C@H](O)[C@@H](O)CO)O5)C4O)[C@H](O)C3NC(C)=O)[C@H]2O)OC(CO)[C@H](O)[C@@H]1O. The second-order valence-corrected chi connectivity index (χ2v) is 32.9. The molecular formula is C73H122N4O52. The minimum Gasteiger partial charge on any atom is -0.410 e. The number of hydrogen-bond acceptors (Lipinski definition) is 52. The first-order valence-corrected chi connectivity index (χ1v) is 41.4. The van der Waals surface area contributed by atoms with Crippen molar-refractivity contribution in [3.8, 4) is 0 Å². The summed E-state index contributed by atoms with van der Waals surface area (Å²) in [5.41, 5.74) is 0. The fourth-order valence-corrected chi connectivity index (χ4v) is 17.0. The van der Waals surface area contributed by atoms with Crippen molar-refractivity contribution in [2.45, 2.75) is 354 Å². The molecule has 10 heterocycles. The molecule has 0 aromatic heterocycles. The van der Waals surface area contributed by atoms with Crippen molar-refractivity contribution < 1.29 is 257 Å². The van der Waals surface area contributed by atoms with Crippen molar-refractivity contribution in [1.82, 2.24) is 21.3 Å². The van der Waals surface area contributed by atoms with Crippen LogP contribution in [0, 0.1) is 5.92 Å². The lowest BCUT2D eigenvalue weighted by molar-refractivity contribution is -0.448. The molecule has 129 heavy (non-hydrogen) atoms. The highest BCUT2D eigenvalue weighted by Crippen LogP contribution is 2.44. The molecular weight excluding hydrogens is 1760 g/mol.